The molecule has 2 aliphatic carbocycles. The molecule has 2 bridgehead atoms. The zero-order valence-electron chi connectivity index (χ0n) is 12.7. The number of amides is 1. The summed E-state index contributed by atoms with van der Waals surface area (Å²) in [5, 5.41) is 4.48. The maximum absolute atomic E-state index is 12.2. The number of hydrogen-bond donors (Lipinski definition) is 1. The SMILES string of the molecule is CC1(C)[C@@H]2CC[C@]1(C)/C(=N\NC(=O)c1cccc(Br)c1)C2. The minimum absolute atomic E-state index is 0.127. The molecule has 21 heavy (non-hydrogen) atoms. The first-order valence-electron chi connectivity index (χ1n) is 7.47. The van der Waals surface area contributed by atoms with Gasteiger partial charge in [-0.3, -0.25) is 4.79 Å². The van der Waals surface area contributed by atoms with Crippen LogP contribution in [0.5, 0.6) is 0 Å². The van der Waals surface area contributed by atoms with Crippen molar-refractivity contribution in [1.82, 2.24) is 5.43 Å². The fourth-order valence-electron chi connectivity index (χ4n) is 3.91. The molecule has 0 heterocycles. The molecule has 3 nitrogen and oxygen atoms in total. The lowest BCUT2D eigenvalue weighted by Gasteiger charge is -2.34. The number of halogens is 1. The largest absolute Gasteiger partial charge is 0.271 e. The quantitative estimate of drug-likeness (QED) is 0.791. The Bertz CT molecular complexity index is 623. The lowest BCUT2D eigenvalue weighted by Crippen LogP contribution is -2.34. The number of nitrogens with one attached hydrogen (secondary N) is 1. The van der Waals surface area contributed by atoms with Crippen molar-refractivity contribution in [1.29, 1.82) is 0 Å². The topological polar surface area (TPSA) is 41.5 Å². The normalized spacial score (nSPS) is 31.6. The van der Waals surface area contributed by atoms with E-state index in [0.717, 1.165) is 16.6 Å². The van der Waals surface area contributed by atoms with Crippen LogP contribution in [0.2, 0.25) is 0 Å². The lowest BCUT2D eigenvalue weighted by molar-refractivity contribution is 0.0954. The Morgan fingerprint density at radius 1 is 1.38 bits per heavy atom. The van der Waals surface area contributed by atoms with Crippen LogP contribution in [0, 0.1) is 16.7 Å². The second-order valence-electron chi connectivity index (χ2n) is 7.00. The highest BCUT2D eigenvalue weighted by Gasteiger charge is 2.59. The maximum atomic E-state index is 12.2. The van der Waals surface area contributed by atoms with E-state index in [1.165, 1.54) is 12.8 Å². The molecule has 0 saturated heterocycles. The molecular formula is C17H21BrN2O. The average molecular weight is 349 g/mol. The number of nitrogens with zero attached hydrogens (tertiary/aromatic N) is 1. The van der Waals surface area contributed by atoms with Gasteiger partial charge in [-0.25, -0.2) is 5.43 Å². The van der Waals surface area contributed by atoms with Gasteiger partial charge in [-0.2, -0.15) is 5.10 Å². The minimum atomic E-state index is -0.145. The molecule has 112 valence electrons. The van der Waals surface area contributed by atoms with Crippen LogP contribution in [-0.4, -0.2) is 11.6 Å². The summed E-state index contributed by atoms with van der Waals surface area (Å²) in [5.41, 5.74) is 4.94. The summed E-state index contributed by atoms with van der Waals surface area (Å²) in [5.74, 6) is 0.553. The van der Waals surface area contributed by atoms with Gasteiger partial charge in [-0.05, 0) is 48.8 Å². The van der Waals surface area contributed by atoms with Gasteiger partial charge in [0.15, 0.2) is 0 Å². The molecule has 1 N–H and O–H groups in total. The van der Waals surface area contributed by atoms with Crippen molar-refractivity contribution in [3.05, 3.63) is 34.3 Å². The Kier molecular flexibility index (Phi) is 3.47. The number of carbonyl (C=O) groups is 1. The standard InChI is InChI=1S/C17H21BrN2O/c1-16(2)12-7-8-17(16,3)14(10-12)19-20-15(21)11-5-4-6-13(18)9-11/h4-6,9,12H,7-8,10H2,1-3H3,(H,20,21)/b19-14-/t12-,17-/m1/s1. The van der Waals surface area contributed by atoms with Gasteiger partial charge in [-0.1, -0.05) is 42.8 Å². The fraction of sp³-hybridized carbons (Fsp3) is 0.529. The van der Waals surface area contributed by atoms with E-state index in [-0.39, 0.29) is 16.7 Å². The molecule has 0 spiro atoms. The van der Waals surface area contributed by atoms with Crippen molar-refractivity contribution < 1.29 is 4.79 Å². The molecule has 1 amide bonds. The van der Waals surface area contributed by atoms with E-state index in [9.17, 15) is 4.79 Å². The van der Waals surface area contributed by atoms with Crippen LogP contribution < -0.4 is 5.43 Å². The van der Waals surface area contributed by atoms with Gasteiger partial charge < -0.3 is 0 Å². The van der Waals surface area contributed by atoms with Crippen molar-refractivity contribution in [2.24, 2.45) is 21.8 Å². The zero-order chi connectivity index (χ0) is 15.3. The third kappa shape index (κ3) is 2.24. The van der Waals surface area contributed by atoms with Gasteiger partial charge in [0.25, 0.3) is 5.91 Å². The van der Waals surface area contributed by atoms with E-state index >= 15 is 0 Å². The van der Waals surface area contributed by atoms with Gasteiger partial charge in [0.1, 0.15) is 0 Å². The summed E-state index contributed by atoms with van der Waals surface area (Å²) >= 11 is 3.38. The number of carbonyl (C=O) groups excluding carboxylic acids is 1. The molecule has 1 aromatic carbocycles. The molecule has 0 unspecified atom stereocenters. The molecule has 2 fully saturated rings. The summed E-state index contributed by atoms with van der Waals surface area (Å²) in [7, 11) is 0. The van der Waals surface area contributed by atoms with Crippen LogP contribution in [0.3, 0.4) is 0 Å². The van der Waals surface area contributed by atoms with Gasteiger partial charge in [0, 0.05) is 21.2 Å². The van der Waals surface area contributed by atoms with Crippen LogP contribution in [0.25, 0.3) is 0 Å². The summed E-state index contributed by atoms with van der Waals surface area (Å²) in [6.07, 6.45) is 3.47. The number of hydrazone groups is 1. The van der Waals surface area contributed by atoms with Gasteiger partial charge in [0.05, 0.1) is 0 Å². The van der Waals surface area contributed by atoms with Crippen molar-refractivity contribution in [2.75, 3.05) is 0 Å². The van der Waals surface area contributed by atoms with E-state index in [1.54, 1.807) is 6.07 Å². The Hall–Kier alpha value is -1.16. The molecule has 2 atom stereocenters. The van der Waals surface area contributed by atoms with E-state index in [2.05, 4.69) is 47.2 Å². The first kappa shape index (κ1) is 14.8. The molecule has 0 radical (unpaired) electrons. The molecule has 4 heteroatoms. The van der Waals surface area contributed by atoms with E-state index in [0.29, 0.717) is 11.5 Å². The number of rotatable bonds is 2. The molecule has 2 saturated carbocycles. The van der Waals surface area contributed by atoms with Gasteiger partial charge in [-0.15, -0.1) is 0 Å². The van der Waals surface area contributed by atoms with Crippen LogP contribution in [-0.2, 0) is 0 Å². The summed E-state index contributed by atoms with van der Waals surface area (Å²) < 4.78 is 0.899. The van der Waals surface area contributed by atoms with E-state index in [1.807, 2.05) is 18.2 Å². The molecule has 1 aromatic rings. The third-order valence-corrected chi connectivity index (χ3v) is 6.38. The Balaban J connectivity index is 1.77. The molecule has 3 rings (SSSR count). The molecular weight excluding hydrogens is 328 g/mol. The van der Waals surface area contributed by atoms with Crippen LogP contribution in [0.4, 0.5) is 0 Å². The zero-order valence-corrected chi connectivity index (χ0v) is 14.3. The Morgan fingerprint density at radius 3 is 2.71 bits per heavy atom. The second-order valence-corrected chi connectivity index (χ2v) is 7.92. The van der Waals surface area contributed by atoms with Crippen molar-refractivity contribution in [2.45, 2.75) is 40.0 Å². The van der Waals surface area contributed by atoms with Crippen molar-refractivity contribution in [3.8, 4) is 0 Å². The highest BCUT2D eigenvalue weighted by molar-refractivity contribution is 9.10. The number of fused-ring (bicyclic) bond motifs is 2. The molecule has 0 aromatic heterocycles. The summed E-state index contributed by atoms with van der Waals surface area (Å²) in [6.45, 7) is 6.97. The average Bonchev–Trinajstić information content (AvgIpc) is 2.77. The number of hydrogen-bond acceptors (Lipinski definition) is 2. The third-order valence-electron chi connectivity index (χ3n) is 5.89. The van der Waals surface area contributed by atoms with E-state index < -0.39 is 0 Å². The summed E-state index contributed by atoms with van der Waals surface area (Å²) in [6, 6.07) is 7.37. The van der Waals surface area contributed by atoms with Gasteiger partial charge in [0.2, 0.25) is 0 Å². The first-order valence-corrected chi connectivity index (χ1v) is 8.27. The predicted molar refractivity (Wildman–Crippen MR) is 88.3 cm³/mol. The van der Waals surface area contributed by atoms with Crippen molar-refractivity contribution >= 4 is 27.5 Å². The number of benzene rings is 1. The maximum Gasteiger partial charge on any atom is 0.271 e. The van der Waals surface area contributed by atoms with Gasteiger partial charge >= 0.3 is 0 Å². The highest BCUT2D eigenvalue weighted by atomic mass is 79.9. The van der Waals surface area contributed by atoms with Crippen LogP contribution >= 0.6 is 15.9 Å². The van der Waals surface area contributed by atoms with Crippen LogP contribution in [0.15, 0.2) is 33.8 Å². The van der Waals surface area contributed by atoms with Crippen LogP contribution in [0.1, 0.15) is 50.4 Å². The minimum Gasteiger partial charge on any atom is -0.267 e. The highest BCUT2D eigenvalue weighted by Crippen LogP contribution is 2.63. The fourth-order valence-corrected chi connectivity index (χ4v) is 4.31. The lowest BCUT2D eigenvalue weighted by atomic mass is 9.70. The van der Waals surface area contributed by atoms with E-state index in [4.69, 9.17) is 0 Å². The predicted octanol–water partition coefficient (Wildman–Crippen LogP) is 4.38. The monoisotopic (exact) mass is 348 g/mol. The molecule has 2 aliphatic rings. The smallest absolute Gasteiger partial charge is 0.267 e. The Labute approximate surface area is 134 Å². The Morgan fingerprint density at radius 2 is 2.14 bits per heavy atom. The summed E-state index contributed by atoms with van der Waals surface area (Å²) in [4.78, 5) is 12.2. The first-order chi connectivity index (χ1) is 9.84. The molecule has 0 aliphatic heterocycles. The van der Waals surface area contributed by atoms with Crippen molar-refractivity contribution in [3.63, 3.8) is 0 Å². The second kappa shape index (κ2) is 4.94.